The molecule has 3 unspecified atom stereocenters. The number of esters is 2. The molecule has 0 aliphatic rings. The number of rotatable bonds is 11. The van der Waals surface area contributed by atoms with Crippen molar-refractivity contribution in [2.24, 2.45) is 0 Å². The number of aliphatic hydroxyl groups is 1. The molecule has 0 aliphatic carbocycles. The van der Waals surface area contributed by atoms with Crippen LogP contribution in [0.25, 0.3) is 0 Å². The van der Waals surface area contributed by atoms with Gasteiger partial charge in [-0.3, -0.25) is 19.2 Å². The summed E-state index contributed by atoms with van der Waals surface area (Å²) in [4.78, 5) is 44.4. The average Bonchev–Trinajstić information content (AvgIpc) is 2.34. The van der Waals surface area contributed by atoms with Crippen LogP contribution in [0.3, 0.4) is 0 Å². The number of aliphatic hydroxyl groups excluding tert-OH is 1. The molecule has 0 fully saturated rings. The first-order valence-electron chi connectivity index (χ1n) is 7.69. The summed E-state index contributed by atoms with van der Waals surface area (Å²) < 4.78 is 10.1. The van der Waals surface area contributed by atoms with Crippen LogP contribution in [-0.4, -0.2) is 46.9 Å². The maximum absolute atomic E-state index is 11.4. The Hall–Kier alpha value is -1.76. The molecule has 0 saturated carbocycles. The van der Waals surface area contributed by atoms with Crippen LogP contribution >= 0.6 is 0 Å². The topological polar surface area (TPSA) is 107 Å². The predicted molar refractivity (Wildman–Crippen MR) is 81.6 cm³/mol. The third-order valence-electron chi connectivity index (χ3n) is 3.01. The molecule has 0 aromatic rings. The minimum Gasteiger partial charge on any atom is -0.462 e. The zero-order valence-electron chi connectivity index (χ0n) is 14.2. The Balaban J connectivity index is 4.25. The van der Waals surface area contributed by atoms with Crippen molar-refractivity contribution in [1.82, 2.24) is 0 Å². The van der Waals surface area contributed by atoms with Gasteiger partial charge in [0.1, 0.15) is 36.6 Å². The van der Waals surface area contributed by atoms with E-state index in [1.165, 1.54) is 13.8 Å². The van der Waals surface area contributed by atoms with E-state index in [2.05, 4.69) is 0 Å². The van der Waals surface area contributed by atoms with Gasteiger partial charge in [-0.25, -0.2) is 0 Å². The Kier molecular flexibility index (Phi) is 10.0. The van der Waals surface area contributed by atoms with Gasteiger partial charge in [-0.05, 0) is 27.2 Å². The molecule has 132 valence electrons. The summed E-state index contributed by atoms with van der Waals surface area (Å²) in [5, 5.41) is 9.99. The summed E-state index contributed by atoms with van der Waals surface area (Å²) >= 11 is 0. The Labute approximate surface area is 136 Å². The van der Waals surface area contributed by atoms with Gasteiger partial charge in [-0.15, -0.1) is 0 Å². The van der Waals surface area contributed by atoms with Gasteiger partial charge in [-0.2, -0.15) is 0 Å². The van der Waals surface area contributed by atoms with Crippen LogP contribution < -0.4 is 0 Å². The van der Waals surface area contributed by atoms with E-state index < -0.39 is 30.3 Å². The summed E-state index contributed by atoms with van der Waals surface area (Å²) in [6, 6.07) is 0. The number of carbonyl (C=O) groups excluding carboxylic acids is 4. The summed E-state index contributed by atoms with van der Waals surface area (Å²) in [6.07, 6.45) is -1.60. The first-order chi connectivity index (χ1) is 10.6. The number of ketones is 2. The fourth-order valence-electron chi connectivity index (χ4n) is 2.03. The molecule has 0 amide bonds. The minimum atomic E-state index is -0.829. The fraction of sp³-hybridized carbons (Fsp3) is 0.750. The molecule has 0 aliphatic heterocycles. The molecule has 7 heteroatoms. The molecule has 0 spiro atoms. The molecule has 0 bridgehead atoms. The average molecular weight is 330 g/mol. The molecule has 1 N–H and O–H groups in total. The van der Waals surface area contributed by atoms with Crippen molar-refractivity contribution in [1.29, 1.82) is 0 Å². The highest BCUT2D eigenvalue weighted by molar-refractivity contribution is 5.94. The number of carbonyl (C=O) groups is 4. The Morgan fingerprint density at radius 2 is 1.39 bits per heavy atom. The van der Waals surface area contributed by atoms with Crippen molar-refractivity contribution < 1.29 is 33.8 Å². The van der Waals surface area contributed by atoms with Crippen molar-refractivity contribution in [3.8, 4) is 0 Å². The second-order valence-corrected chi connectivity index (χ2v) is 5.70. The van der Waals surface area contributed by atoms with E-state index in [1.54, 1.807) is 13.8 Å². The predicted octanol–water partition coefficient (Wildman–Crippen LogP) is 1.34. The summed E-state index contributed by atoms with van der Waals surface area (Å²) in [5.41, 5.74) is 0. The van der Waals surface area contributed by atoms with Crippen molar-refractivity contribution in [3.63, 3.8) is 0 Å². The largest absolute Gasteiger partial charge is 0.462 e. The van der Waals surface area contributed by atoms with Crippen LogP contribution in [0, 0.1) is 0 Å². The number of hydrogen-bond donors (Lipinski definition) is 1. The third kappa shape index (κ3) is 11.5. The highest BCUT2D eigenvalue weighted by Crippen LogP contribution is 2.14. The monoisotopic (exact) mass is 330 g/mol. The lowest BCUT2D eigenvalue weighted by Gasteiger charge is -2.21. The van der Waals surface area contributed by atoms with Crippen LogP contribution in [-0.2, 0) is 28.7 Å². The lowest BCUT2D eigenvalue weighted by molar-refractivity contribution is -0.152. The van der Waals surface area contributed by atoms with Gasteiger partial charge in [0, 0.05) is 12.8 Å². The second-order valence-electron chi connectivity index (χ2n) is 5.70. The second kappa shape index (κ2) is 10.9. The number of Topliss-reactive ketones (excluding diaryl/α,β-unsaturated/α-hetero) is 2. The van der Waals surface area contributed by atoms with Gasteiger partial charge in [0.25, 0.3) is 0 Å². The Morgan fingerprint density at radius 1 is 0.913 bits per heavy atom. The number of hydrogen-bond acceptors (Lipinski definition) is 7. The lowest BCUT2D eigenvalue weighted by atomic mass is 10.0. The molecule has 0 saturated heterocycles. The quantitative estimate of drug-likeness (QED) is 0.450. The standard InChI is InChI=1S/C16H26O7/c1-5-14(23-16(21)7-11(3)18)9-13(19)8-12(4)22-15(20)6-10(2)17/h12-14,19H,5-9H2,1-4H3. The van der Waals surface area contributed by atoms with E-state index in [0.29, 0.717) is 6.42 Å². The van der Waals surface area contributed by atoms with E-state index in [1.807, 2.05) is 0 Å². The molecule has 3 atom stereocenters. The van der Waals surface area contributed by atoms with Crippen LogP contribution in [0.1, 0.15) is 59.8 Å². The van der Waals surface area contributed by atoms with Crippen molar-refractivity contribution in [2.45, 2.75) is 78.1 Å². The SMILES string of the molecule is CCC(CC(O)CC(C)OC(=O)CC(C)=O)OC(=O)CC(C)=O. The van der Waals surface area contributed by atoms with Gasteiger partial charge in [0.15, 0.2) is 0 Å². The first-order valence-corrected chi connectivity index (χ1v) is 7.69. The van der Waals surface area contributed by atoms with E-state index in [0.717, 1.165) is 0 Å². The highest BCUT2D eigenvalue weighted by Gasteiger charge is 2.21. The maximum atomic E-state index is 11.4. The molecule has 7 nitrogen and oxygen atoms in total. The van der Waals surface area contributed by atoms with Gasteiger partial charge in [0.05, 0.1) is 6.10 Å². The van der Waals surface area contributed by atoms with E-state index >= 15 is 0 Å². The minimum absolute atomic E-state index is 0.171. The van der Waals surface area contributed by atoms with Gasteiger partial charge < -0.3 is 14.6 Å². The normalized spacial score (nSPS) is 14.5. The zero-order valence-corrected chi connectivity index (χ0v) is 14.2. The maximum Gasteiger partial charge on any atom is 0.313 e. The zero-order chi connectivity index (χ0) is 18.0. The first kappa shape index (κ1) is 21.2. The third-order valence-corrected chi connectivity index (χ3v) is 3.01. The van der Waals surface area contributed by atoms with Gasteiger partial charge in [0.2, 0.25) is 0 Å². The van der Waals surface area contributed by atoms with Gasteiger partial charge >= 0.3 is 11.9 Å². The van der Waals surface area contributed by atoms with E-state index in [-0.39, 0.29) is 37.2 Å². The molecular weight excluding hydrogens is 304 g/mol. The molecule has 0 aromatic carbocycles. The highest BCUT2D eigenvalue weighted by atomic mass is 16.5. The molecule has 0 radical (unpaired) electrons. The summed E-state index contributed by atoms with van der Waals surface area (Å²) in [5.74, 6) is -1.81. The molecule has 0 rings (SSSR count). The molecule has 0 heterocycles. The van der Waals surface area contributed by atoms with Crippen molar-refractivity contribution in [3.05, 3.63) is 0 Å². The molecule has 23 heavy (non-hydrogen) atoms. The molecule has 0 aromatic heterocycles. The lowest BCUT2D eigenvalue weighted by Crippen LogP contribution is -2.28. The summed E-state index contributed by atoms with van der Waals surface area (Å²) in [7, 11) is 0. The van der Waals surface area contributed by atoms with Crippen molar-refractivity contribution in [2.75, 3.05) is 0 Å². The van der Waals surface area contributed by atoms with Crippen molar-refractivity contribution >= 4 is 23.5 Å². The van der Waals surface area contributed by atoms with Gasteiger partial charge in [-0.1, -0.05) is 6.92 Å². The number of ether oxygens (including phenoxy) is 2. The van der Waals surface area contributed by atoms with Crippen LogP contribution in [0.15, 0.2) is 0 Å². The smallest absolute Gasteiger partial charge is 0.313 e. The van der Waals surface area contributed by atoms with E-state index in [9.17, 15) is 24.3 Å². The van der Waals surface area contributed by atoms with Crippen LogP contribution in [0.2, 0.25) is 0 Å². The van der Waals surface area contributed by atoms with E-state index in [4.69, 9.17) is 9.47 Å². The Morgan fingerprint density at radius 3 is 1.83 bits per heavy atom. The Bertz CT molecular complexity index is 430. The fourth-order valence-corrected chi connectivity index (χ4v) is 2.03. The summed E-state index contributed by atoms with van der Waals surface area (Å²) in [6.45, 7) is 6.01. The van der Waals surface area contributed by atoms with Crippen LogP contribution in [0.5, 0.6) is 0 Å². The molecular formula is C16H26O7. The van der Waals surface area contributed by atoms with Crippen LogP contribution in [0.4, 0.5) is 0 Å².